The topological polar surface area (TPSA) is 70.7 Å². The Morgan fingerprint density at radius 2 is 1.86 bits per heavy atom. The van der Waals surface area contributed by atoms with Crippen molar-refractivity contribution in [2.45, 2.75) is 20.4 Å². The molecule has 0 radical (unpaired) electrons. The van der Waals surface area contributed by atoms with E-state index >= 15 is 0 Å². The molecule has 0 aliphatic heterocycles. The number of anilines is 1. The summed E-state index contributed by atoms with van der Waals surface area (Å²) in [5.74, 6) is -0.850. The van der Waals surface area contributed by atoms with Gasteiger partial charge in [0.2, 0.25) is 0 Å². The highest BCUT2D eigenvalue weighted by Gasteiger charge is 2.16. The van der Waals surface area contributed by atoms with Gasteiger partial charge in [0, 0.05) is 11.3 Å². The van der Waals surface area contributed by atoms with Crippen molar-refractivity contribution in [3.63, 3.8) is 0 Å². The minimum absolute atomic E-state index is 0.0862. The van der Waals surface area contributed by atoms with Gasteiger partial charge in [-0.15, -0.1) is 0 Å². The number of halogens is 2. The average Bonchev–Trinajstić information content (AvgIpc) is 2.96. The molecule has 146 valence electrons. The third kappa shape index (κ3) is 4.89. The Hall–Kier alpha value is -3.43. The van der Waals surface area contributed by atoms with Gasteiger partial charge in [0.1, 0.15) is 22.6 Å². The zero-order chi connectivity index (χ0) is 21.0. The van der Waals surface area contributed by atoms with Gasteiger partial charge in [-0.1, -0.05) is 41.4 Å². The van der Waals surface area contributed by atoms with Crippen LogP contribution >= 0.6 is 11.6 Å². The first-order valence-electron chi connectivity index (χ1n) is 8.84. The predicted molar refractivity (Wildman–Crippen MR) is 111 cm³/mol. The lowest BCUT2D eigenvalue weighted by molar-refractivity contribution is -0.112. The average molecular weight is 409 g/mol. The largest absolute Gasteiger partial charge is 0.321 e. The summed E-state index contributed by atoms with van der Waals surface area (Å²) in [6.45, 7) is 4.03. The van der Waals surface area contributed by atoms with Crippen LogP contribution in [0.2, 0.25) is 5.15 Å². The molecule has 3 aromatic rings. The van der Waals surface area contributed by atoms with Crippen molar-refractivity contribution in [3.8, 4) is 6.07 Å². The summed E-state index contributed by atoms with van der Waals surface area (Å²) in [5.41, 5.74) is 3.46. The van der Waals surface area contributed by atoms with Crippen LogP contribution in [0.4, 0.5) is 10.1 Å². The number of aromatic nitrogens is 2. The highest BCUT2D eigenvalue weighted by atomic mass is 35.5. The molecule has 0 saturated heterocycles. The minimum atomic E-state index is -0.530. The van der Waals surface area contributed by atoms with E-state index in [1.807, 2.05) is 25.1 Å². The number of carbonyl (C=O) groups excluding carboxylic acids is 1. The van der Waals surface area contributed by atoms with Crippen LogP contribution in [-0.4, -0.2) is 15.7 Å². The van der Waals surface area contributed by atoms with E-state index in [0.29, 0.717) is 28.6 Å². The van der Waals surface area contributed by atoms with Crippen molar-refractivity contribution in [2.24, 2.45) is 0 Å². The van der Waals surface area contributed by atoms with Crippen molar-refractivity contribution in [1.29, 1.82) is 5.26 Å². The smallest absolute Gasteiger partial charge is 0.266 e. The van der Waals surface area contributed by atoms with Crippen molar-refractivity contribution in [2.75, 3.05) is 5.32 Å². The van der Waals surface area contributed by atoms with E-state index in [1.54, 1.807) is 35.9 Å². The Labute approximate surface area is 173 Å². The SMILES string of the molecule is Cc1ccc(NC(=O)/C(C#N)=C/c2c(C)nn(Cc3ccc(F)cc3)c2Cl)cc1. The van der Waals surface area contributed by atoms with Crippen LogP contribution in [0.25, 0.3) is 6.08 Å². The van der Waals surface area contributed by atoms with Crippen molar-refractivity contribution in [1.82, 2.24) is 9.78 Å². The van der Waals surface area contributed by atoms with Crippen molar-refractivity contribution < 1.29 is 9.18 Å². The van der Waals surface area contributed by atoms with Crippen LogP contribution in [0.5, 0.6) is 0 Å². The van der Waals surface area contributed by atoms with Crippen LogP contribution in [0.15, 0.2) is 54.1 Å². The molecule has 0 spiro atoms. The maximum atomic E-state index is 13.1. The number of amides is 1. The number of carbonyl (C=O) groups is 1. The number of nitriles is 1. The molecule has 1 N–H and O–H groups in total. The van der Waals surface area contributed by atoms with Crippen LogP contribution in [0, 0.1) is 31.0 Å². The molecule has 0 bridgehead atoms. The standard InChI is InChI=1S/C22H18ClFN4O/c1-14-3-9-19(10-4-14)26-22(29)17(12-25)11-20-15(2)27-28(21(20)23)13-16-5-7-18(24)8-6-16/h3-11H,13H2,1-2H3,(H,26,29)/b17-11+. The number of aryl methyl sites for hydroxylation is 2. The summed E-state index contributed by atoms with van der Waals surface area (Å²) in [4.78, 5) is 12.5. The normalized spacial score (nSPS) is 11.2. The molecular weight excluding hydrogens is 391 g/mol. The number of hydrogen-bond acceptors (Lipinski definition) is 3. The molecule has 7 heteroatoms. The highest BCUT2D eigenvalue weighted by molar-refractivity contribution is 6.31. The first-order valence-corrected chi connectivity index (χ1v) is 9.22. The third-order valence-corrected chi connectivity index (χ3v) is 4.72. The summed E-state index contributed by atoms with van der Waals surface area (Å²) in [6.07, 6.45) is 1.43. The van der Waals surface area contributed by atoms with Gasteiger partial charge in [-0.3, -0.25) is 4.79 Å². The van der Waals surface area contributed by atoms with Gasteiger partial charge in [-0.25, -0.2) is 9.07 Å². The third-order valence-electron chi connectivity index (χ3n) is 4.32. The first-order chi connectivity index (χ1) is 13.9. The minimum Gasteiger partial charge on any atom is -0.321 e. The zero-order valence-corrected chi connectivity index (χ0v) is 16.7. The molecule has 0 aliphatic carbocycles. The van der Waals surface area contributed by atoms with Crippen LogP contribution in [0.3, 0.4) is 0 Å². The molecule has 0 fully saturated rings. The lowest BCUT2D eigenvalue weighted by Crippen LogP contribution is -2.13. The molecule has 1 aromatic heterocycles. The summed E-state index contributed by atoms with van der Waals surface area (Å²) in [6, 6.07) is 15.2. The Morgan fingerprint density at radius 1 is 1.21 bits per heavy atom. The maximum absolute atomic E-state index is 13.1. The maximum Gasteiger partial charge on any atom is 0.266 e. The summed E-state index contributed by atoms with van der Waals surface area (Å²) >= 11 is 6.43. The Morgan fingerprint density at radius 3 is 2.48 bits per heavy atom. The Balaban J connectivity index is 1.84. The molecule has 0 atom stereocenters. The number of hydrogen-bond donors (Lipinski definition) is 1. The fourth-order valence-electron chi connectivity index (χ4n) is 2.73. The molecule has 1 heterocycles. The molecule has 0 saturated carbocycles. The van der Waals surface area contributed by atoms with Crippen molar-refractivity contribution >= 4 is 29.3 Å². The quantitative estimate of drug-likeness (QED) is 0.482. The monoisotopic (exact) mass is 408 g/mol. The van der Waals surface area contributed by atoms with Gasteiger partial charge in [-0.2, -0.15) is 10.4 Å². The van der Waals surface area contributed by atoms with Gasteiger partial charge in [0.05, 0.1) is 12.2 Å². The van der Waals surface area contributed by atoms with Crippen LogP contribution in [0.1, 0.15) is 22.4 Å². The zero-order valence-electron chi connectivity index (χ0n) is 15.9. The second kappa shape index (κ2) is 8.72. The van der Waals surface area contributed by atoms with E-state index in [0.717, 1.165) is 11.1 Å². The van der Waals surface area contributed by atoms with Gasteiger partial charge in [0.25, 0.3) is 5.91 Å². The van der Waals surface area contributed by atoms with Crippen LogP contribution < -0.4 is 5.32 Å². The molecule has 2 aromatic carbocycles. The van der Waals surface area contributed by atoms with Gasteiger partial charge < -0.3 is 5.32 Å². The number of nitrogens with one attached hydrogen (secondary N) is 1. The van der Waals surface area contributed by atoms with Gasteiger partial charge >= 0.3 is 0 Å². The molecule has 29 heavy (non-hydrogen) atoms. The van der Waals surface area contributed by atoms with E-state index in [2.05, 4.69) is 10.4 Å². The van der Waals surface area contributed by atoms with Gasteiger partial charge in [-0.05, 0) is 49.8 Å². The number of nitrogens with zero attached hydrogens (tertiary/aromatic N) is 3. The molecule has 3 rings (SSSR count). The molecule has 0 aliphatic rings. The van der Waals surface area contributed by atoms with E-state index in [1.165, 1.54) is 18.2 Å². The molecule has 1 amide bonds. The van der Waals surface area contributed by atoms with Gasteiger partial charge in [0.15, 0.2) is 0 Å². The van der Waals surface area contributed by atoms with E-state index in [-0.39, 0.29) is 11.4 Å². The van der Waals surface area contributed by atoms with E-state index in [9.17, 15) is 14.4 Å². The second-order valence-electron chi connectivity index (χ2n) is 6.56. The number of benzene rings is 2. The summed E-state index contributed by atoms with van der Waals surface area (Å²) in [7, 11) is 0. The molecule has 0 unspecified atom stereocenters. The fraction of sp³-hybridized carbons (Fsp3) is 0.136. The Kier molecular flexibility index (Phi) is 6.10. The van der Waals surface area contributed by atoms with E-state index in [4.69, 9.17) is 11.6 Å². The second-order valence-corrected chi connectivity index (χ2v) is 6.92. The lowest BCUT2D eigenvalue weighted by atomic mass is 10.1. The lowest BCUT2D eigenvalue weighted by Gasteiger charge is -2.05. The first kappa shape index (κ1) is 20.3. The van der Waals surface area contributed by atoms with Crippen LogP contribution in [-0.2, 0) is 11.3 Å². The van der Waals surface area contributed by atoms with Crippen molar-refractivity contribution in [3.05, 3.63) is 87.5 Å². The fourth-order valence-corrected chi connectivity index (χ4v) is 3.02. The molecule has 5 nitrogen and oxygen atoms in total. The molecular formula is C22H18ClFN4O. The summed E-state index contributed by atoms with van der Waals surface area (Å²) in [5, 5.41) is 16.8. The Bertz CT molecular complexity index is 1110. The number of rotatable bonds is 5. The van der Waals surface area contributed by atoms with E-state index < -0.39 is 5.91 Å². The highest BCUT2D eigenvalue weighted by Crippen LogP contribution is 2.24. The summed E-state index contributed by atoms with van der Waals surface area (Å²) < 4.78 is 14.6. The predicted octanol–water partition coefficient (Wildman–Crippen LogP) is 4.89.